The zero-order valence-corrected chi connectivity index (χ0v) is 21.3. The maximum absolute atomic E-state index is 13.0. The molecule has 9 heteroatoms. The van der Waals surface area contributed by atoms with E-state index in [2.05, 4.69) is 4.72 Å². The van der Waals surface area contributed by atoms with Crippen molar-refractivity contribution >= 4 is 37.7 Å². The number of fused-ring (bicyclic) bond motifs is 3. The summed E-state index contributed by atoms with van der Waals surface area (Å²) in [5.41, 5.74) is 1.11. The third kappa shape index (κ3) is 4.98. The average molecular weight is 510 g/mol. The van der Waals surface area contributed by atoms with Crippen molar-refractivity contribution in [3.05, 3.63) is 76.1 Å². The van der Waals surface area contributed by atoms with Gasteiger partial charge in [-0.15, -0.1) is 0 Å². The van der Waals surface area contributed by atoms with E-state index in [1.54, 1.807) is 49.4 Å². The van der Waals surface area contributed by atoms with Crippen molar-refractivity contribution in [2.45, 2.75) is 44.6 Å². The number of benzene rings is 3. The van der Waals surface area contributed by atoms with Gasteiger partial charge in [0.05, 0.1) is 17.4 Å². The number of nitrogens with one attached hydrogen (secondary N) is 1. The summed E-state index contributed by atoms with van der Waals surface area (Å²) in [7, 11) is -2.42. The lowest BCUT2D eigenvalue weighted by atomic mass is 10.0. The quantitative estimate of drug-likeness (QED) is 0.160. The topological polar surface area (TPSA) is 112 Å². The molecule has 0 radical (unpaired) electrons. The highest BCUT2D eigenvalue weighted by atomic mass is 32.2. The number of ether oxygens (including phenoxy) is 2. The second-order valence-electron chi connectivity index (χ2n) is 8.56. The van der Waals surface area contributed by atoms with Crippen LogP contribution in [0.4, 0.5) is 0 Å². The highest BCUT2D eigenvalue weighted by Crippen LogP contribution is 2.32. The van der Waals surface area contributed by atoms with Gasteiger partial charge in [-0.25, -0.2) is 18.0 Å². The van der Waals surface area contributed by atoms with Crippen molar-refractivity contribution in [2.24, 2.45) is 0 Å². The fraction of sp³-hybridized carbons (Fsp3) is 0.259. The third-order valence-corrected chi connectivity index (χ3v) is 7.48. The summed E-state index contributed by atoms with van der Waals surface area (Å²) < 4.78 is 44.6. The van der Waals surface area contributed by atoms with Gasteiger partial charge < -0.3 is 13.9 Å². The lowest BCUT2D eigenvalue weighted by Gasteiger charge is -2.18. The van der Waals surface area contributed by atoms with Crippen LogP contribution in [0.5, 0.6) is 11.5 Å². The molecule has 1 aromatic heterocycles. The first-order valence-corrected chi connectivity index (χ1v) is 13.0. The Morgan fingerprint density at radius 1 is 1.00 bits per heavy atom. The molecule has 0 aliphatic rings. The SMILES string of the molecule is CCC[C@@H](NS(=O)(=O)c1ccc(C)cc1)C(=O)Oc1ccc2c(oc(=O)c3cc(OC)ccc32)c1C. The van der Waals surface area contributed by atoms with Crippen molar-refractivity contribution in [3.63, 3.8) is 0 Å². The predicted molar refractivity (Wildman–Crippen MR) is 137 cm³/mol. The van der Waals surface area contributed by atoms with Crippen LogP contribution < -0.4 is 19.8 Å². The molecule has 8 nitrogen and oxygen atoms in total. The van der Waals surface area contributed by atoms with Gasteiger partial charge in [-0.1, -0.05) is 31.0 Å². The molecule has 0 amide bonds. The number of hydrogen-bond donors (Lipinski definition) is 1. The van der Waals surface area contributed by atoms with Crippen LogP contribution in [-0.2, 0) is 14.8 Å². The Hall–Kier alpha value is -3.69. The molecule has 4 aromatic rings. The van der Waals surface area contributed by atoms with E-state index in [1.807, 2.05) is 13.8 Å². The molecule has 3 aromatic carbocycles. The van der Waals surface area contributed by atoms with Gasteiger partial charge in [0.1, 0.15) is 23.1 Å². The van der Waals surface area contributed by atoms with Gasteiger partial charge in [0.25, 0.3) is 0 Å². The summed E-state index contributed by atoms with van der Waals surface area (Å²) in [6.07, 6.45) is 0.801. The van der Waals surface area contributed by atoms with Crippen LogP contribution in [0.3, 0.4) is 0 Å². The molecular weight excluding hydrogens is 482 g/mol. The molecule has 36 heavy (non-hydrogen) atoms. The second-order valence-corrected chi connectivity index (χ2v) is 10.3. The second kappa shape index (κ2) is 10.1. The van der Waals surface area contributed by atoms with Crippen LogP contribution >= 0.6 is 0 Å². The first-order chi connectivity index (χ1) is 17.1. The Balaban J connectivity index is 1.65. The highest BCUT2D eigenvalue weighted by Gasteiger charge is 2.27. The zero-order valence-electron chi connectivity index (χ0n) is 20.5. The van der Waals surface area contributed by atoms with Gasteiger partial charge in [0, 0.05) is 16.3 Å². The van der Waals surface area contributed by atoms with Crippen LogP contribution in [0.2, 0.25) is 0 Å². The Kier molecular flexibility index (Phi) is 7.14. The van der Waals surface area contributed by atoms with Crippen LogP contribution in [-0.4, -0.2) is 27.5 Å². The molecule has 0 aliphatic carbocycles. The van der Waals surface area contributed by atoms with Crippen molar-refractivity contribution in [1.29, 1.82) is 0 Å². The van der Waals surface area contributed by atoms with Crippen LogP contribution in [0.1, 0.15) is 30.9 Å². The molecule has 188 valence electrons. The smallest absolute Gasteiger partial charge is 0.344 e. The van der Waals surface area contributed by atoms with Gasteiger partial charge in [-0.05, 0) is 62.7 Å². The van der Waals surface area contributed by atoms with Crippen LogP contribution in [0, 0.1) is 13.8 Å². The minimum atomic E-state index is -3.94. The first kappa shape index (κ1) is 25.4. The zero-order chi connectivity index (χ0) is 26.0. The van der Waals surface area contributed by atoms with E-state index in [9.17, 15) is 18.0 Å². The predicted octanol–water partition coefficient (Wildman–Crippen LogP) is 4.62. The molecular formula is C27H27NO7S. The Morgan fingerprint density at radius 2 is 1.69 bits per heavy atom. The number of methoxy groups -OCH3 is 1. The highest BCUT2D eigenvalue weighted by molar-refractivity contribution is 7.89. The fourth-order valence-corrected chi connectivity index (χ4v) is 5.21. The minimum Gasteiger partial charge on any atom is -0.497 e. The van der Waals surface area contributed by atoms with E-state index in [0.29, 0.717) is 33.9 Å². The standard InChI is InChI=1S/C27H27NO7S/c1-5-6-23(28-36(31,32)19-10-7-16(2)8-11-19)27(30)34-24-14-13-21-20-12-9-18(33-4)15-22(20)26(29)35-25(21)17(24)3/h7-15,23,28H,5-6H2,1-4H3/t23-/m1/s1. The first-order valence-electron chi connectivity index (χ1n) is 11.5. The summed E-state index contributed by atoms with van der Waals surface area (Å²) in [5.74, 6) is -0.0338. The number of rotatable bonds is 8. The summed E-state index contributed by atoms with van der Waals surface area (Å²) >= 11 is 0. The van der Waals surface area contributed by atoms with E-state index in [-0.39, 0.29) is 22.6 Å². The van der Waals surface area contributed by atoms with E-state index < -0.39 is 27.7 Å². The molecule has 0 unspecified atom stereocenters. The van der Waals surface area contributed by atoms with Crippen LogP contribution in [0.15, 0.2) is 68.7 Å². The van der Waals surface area contributed by atoms with E-state index in [0.717, 1.165) is 5.56 Å². The number of hydrogen-bond acceptors (Lipinski definition) is 7. The van der Waals surface area contributed by atoms with Crippen LogP contribution in [0.25, 0.3) is 21.7 Å². The summed E-state index contributed by atoms with van der Waals surface area (Å²) in [4.78, 5) is 25.8. The minimum absolute atomic E-state index is 0.0640. The average Bonchev–Trinajstić information content (AvgIpc) is 2.86. The van der Waals surface area contributed by atoms with E-state index in [1.165, 1.54) is 19.2 Å². The van der Waals surface area contributed by atoms with Crippen molar-refractivity contribution in [2.75, 3.05) is 7.11 Å². The van der Waals surface area contributed by atoms with Gasteiger partial charge in [0.2, 0.25) is 10.0 Å². The molecule has 0 aliphatic heterocycles. The van der Waals surface area contributed by atoms with Crippen molar-refractivity contribution in [1.82, 2.24) is 4.72 Å². The molecule has 1 atom stereocenters. The van der Waals surface area contributed by atoms with Crippen molar-refractivity contribution < 1.29 is 27.1 Å². The van der Waals surface area contributed by atoms with Gasteiger partial charge >= 0.3 is 11.6 Å². The lowest BCUT2D eigenvalue weighted by molar-refractivity contribution is -0.136. The molecule has 0 bridgehead atoms. The molecule has 1 heterocycles. The maximum atomic E-state index is 13.0. The van der Waals surface area contributed by atoms with Gasteiger partial charge in [0.15, 0.2) is 0 Å². The number of sulfonamides is 1. The number of esters is 1. The maximum Gasteiger partial charge on any atom is 0.344 e. The monoisotopic (exact) mass is 509 g/mol. The fourth-order valence-electron chi connectivity index (χ4n) is 4.00. The van der Waals surface area contributed by atoms with E-state index >= 15 is 0 Å². The van der Waals surface area contributed by atoms with E-state index in [4.69, 9.17) is 13.9 Å². The molecule has 1 N–H and O–H groups in total. The van der Waals surface area contributed by atoms with Crippen molar-refractivity contribution in [3.8, 4) is 11.5 Å². The third-order valence-electron chi connectivity index (χ3n) is 5.99. The number of aryl methyl sites for hydroxylation is 2. The largest absolute Gasteiger partial charge is 0.497 e. The molecule has 0 spiro atoms. The molecule has 4 rings (SSSR count). The summed E-state index contributed by atoms with van der Waals surface area (Å²) in [5, 5.41) is 1.73. The Morgan fingerprint density at radius 3 is 2.36 bits per heavy atom. The normalized spacial score (nSPS) is 12.6. The molecule has 0 saturated heterocycles. The van der Waals surface area contributed by atoms with Gasteiger partial charge in [-0.3, -0.25) is 0 Å². The van der Waals surface area contributed by atoms with Gasteiger partial charge in [-0.2, -0.15) is 4.72 Å². The summed E-state index contributed by atoms with van der Waals surface area (Å²) in [6, 6.07) is 13.7. The lowest BCUT2D eigenvalue weighted by Crippen LogP contribution is -2.42. The Bertz CT molecular complexity index is 1610. The molecule has 0 saturated carbocycles. The Labute approximate surface area is 208 Å². The summed E-state index contributed by atoms with van der Waals surface area (Å²) in [6.45, 7) is 5.37. The molecule has 0 fully saturated rings. The number of carbonyl (C=O) groups excluding carboxylic acids is 1. The number of carbonyl (C=O) groups is 1.